The van der Waals surface area contributed by atoms with Crippen molar-refractivity contribution < 1.29 is 15.0 Å². The molecule has 0 radical (unpaired) electrons. The Kier molecular flexibility index (Phi) is 6.16. The van der Waals surface area contributed by atoms with Gasteiger partial charge in [0.05, 0.1) is 5.60 Å². The lowest BCUT2D eigenvalue weighted by atomic mass is 9.55. The fourth-order valence-corrected chi connectivity index (χ4v) is 6.40. The van der Waals surface area contributed by atoms with Crippen LogP contribution in [0.1, 0.15) is 41.6 Å². The number of benzene rings is 3. The predicted octanol–water partition coefficient (Wildman–Crippen LogP) is 4.73. The second-order valence-corrected chi connectivity index (χ2v) is 10.3. The summed E-state index contributed by atoms with van der Waals surface area (Å²) in [7, 11) is 1.88. The van der Waals surface area contributed by atoms with Gasteiger partial charge in [-0.3, -0.25) is 9.69 Å². The number of hydrogen-bond donors (Lipinski definition) is 2. The zero-order valence-electron chi connectivity index (χ0n) is 20.4. The molecule has 3 atom stereocenters. The summed E-state index contributed by atoms with van der Waals surface area (Å²) >= 11 is 0. The lowest BCUT2D eigenvalue weighted by Gasteiger charge is -2.59. The molecule has 2 fully saturated rings. The highest BCUT2D eigenvalue weighted by molar-refractivity contribution is 5.98. The summed E-state index contributed by atoms with van der Waals surface area (Å²) in [5.41, 5.74) is 0.157. The predicted molar refractivity (Wildman–Crippen MR) is 140 cm³/mol. The van der Waals surface area contributed by atoms with Crippen LogP contribution in [0.2, 0.25) is 0 Å². The third-order valence-electron chi connectivity index (χ3n) is 8.36. The van der Waals surface area contributed by atoms with E-state index in [1.54, 1.807) is 12.1 Å². The Morgan fingerprint density at radius 3 is 2.69 bits per heavy atom. The molecule has 5 heteroatoms. The van der Waals surface area contributed by atoms with Gasteiger partial charge in [0, 0.05) is 37.2 Å². The number of piperidine rings is 1. The number of amides is 1. The summed E-state index contributed by atoms with van der Waals surface area (Å²) in [4.78, 5) is 17.7. The first-order valence-corrected chi connectivity index (χ1v) is 12.5. The Morgan fingerprint density at radius 1 is 1.11 bits per heavy atom. The lowest BCUT2D eigenvalue weighted by Crippen LogP contribution is -2.67. The highest BCUT2D eigenvalue weighted by Crippen LogP contribution is 2.52. The standard InChI is InChI=1S/C30H34N2O3/c1-3-16-32-17-15-29(25-9-6-10-27(33)19-25)20-26(13-14-30(29,35)21-32)31(2)28(34)24-12-11-22-7-4-5-8-23(22)18-24/h3-12,18-19,26,33,35H,1,13-17,20-21H2,2H3/t26-,29+,30+/m1/s1. The molecule has 0 spiro atoms. The van der Waals surface area contributed by atoms with Crippen LogP contribution < -0.4 is 0 Å². The van der Waals surface area contributed by atoms with Crippen LogP contribution in [0.4, 0.5) is 0 Å². The Bertz CT molecular complexity index is 1260. The monoisotopic (exact) mass is 470 g/mol. The Balaban J connectivity index is 1.46. The largest absolute Gasteiger partial charge is 0.508 e. The van der Waals surface area contributed by atoms with Gasteiger partial charge in [0.1, 0.15) is 5.75 Å². The van der Waals surface area contributed by atoms with E-state index in [1.807, 2.05) is 72.6 Å². The number of phenols is 1. The van der Waals surface area contributed by atoms with Gasteiger partial charge in [0.15, 0.2) is 0 Å². The van der Waals surface area contributed by atoms with E-state index in [0.717, 1.165) is 42.3 Å². The molecule has 3 aromatic rings. The average molecular weight is 471 g/mol. The van der Waals surface area contributed by atoms with Gasteiger partial charge in [-0.2, -0.15) is 0 Å². The van der Waals surface area contributed by atoms with Crippen molar-refractivity contribution in [2.45, 2.75) is 42.7 Å². The summed E-state index contributed by atoms with van der Waals surface area (Å²) in [6, 6.07) is 21.2. The Morgan fingerprint density at radius 2 is 1.91 bits per heavy atom. The fraction of sp³-hybridized carbons (Fsp3) is 0.367. The lowest BCUT2D eigenvalue weighted by molar-refractivity contribution is -0.130. The molecular formula is C30H34N2O3. The van der Waals surface area contributed by atoms with Crippen LogP contribution in [-0.4, -0.2) is 64.2 Å². The number of rotatable bonds is 5. The number of hydrogen-bond acceptors (Lipinski definition) is 4. The van der Waals surface area contributed by atoms with Gasteiger partial charge in [-0.15, -0.1) is 6.58 Å². The summed E-state index contributed by atoms with van der Waals surface area (Å²) in [6.07, 6.45) is 4.62. The van der Waals surface area contributed by atoms with Crippen LogP contribution in [0.5, 0.6) is 5.75 Å². The van der Waals surface area contributed by atoms with Crippen molar-refractivity contribution >= 4 is 16.7 Å². The molecule has 3 aromatic carbocycles. The van der Waals surface area contributed by atoms with E-state index in [0.29, 0.717) is 24.9 Å². The number of carbonyl (C=O) groups is 1. The third kappa shape index (κ3) is 4.13. The summed E-state index contributed by atoms with van der Waals surface area (Å²) < 4.78 is 0. The van der Waals surface area contributed by atoms with Gasteiger partial charge in [-0.05, 0) is 72.8 Å². The summed E-state index contributed by atoms with van der Waals surface area (Å²) in [5, 5.41) is 24.5. The van der Waals surface area contributed by atoms with E-state index in [2.05, 4.69) is 11.5 Å². The molecule has 182 valence electrons. The number of carbonyl (C=O) groups excluding carboxylic acids is 1. The number of likely N-dealkylation sites (tertiary alicyclic amines) is 1. The minimum atomic E-state index is -0.939. The van der Waals surface area contributed by atoms with Crippen molar-refractivity contribution in [2.24, 2.45) is 0 Å². The van der Waals surface area contributed by atoms with E-state index < -0.39 is 11.0 Å². The number of aromatic hydroxyl groups is 1. The quantitative estimate of drug-likeness (QED) is 0.529. The van der Waals surface area contributed by atoms with Crippen molar-refractivity contribution in [1.29, 1.82) is 0 Å². The zero-order chi connectivity index (χ0) is 24.6. The maximum absolute atomic E-state index is 13.6. The van der Waals surface area contributed by atoms with Crippen molar-refractivity contribution in [2.75, 3.05) is 26.7 Å². The van der Waals surface area contributed by atoms with Gasteiger partial charge in [-0.1, -0.05) is 48.5 Å². The van der Waals surface area contributed by atoms with Gasteiger partial charge < -0.3 is 15.1 Å². The molecular weight excluding hydrogens is 436 g/mol. The molecule has 2 N–H and O–H groups in total. The maximum atomic E-state index is 13.6. The third-order valence-corrected chi connectivity index (χ3v) is 8.36. The first-order valence-electron chi connectivity index (χ1n) is 12.5. The molecule has 1 amide bonds. The van der Waals surface area contributed by atoms with Gasteiger partial charge in [-0.25, -0.2) is 0 Å². The van der Waals surface area contributed by atoms with Gasteiger partial charge >= 0.3 is 0 Å². The van der Waals surface area contributed by atoms with E-state index >= 15 is 0 Å². The number of fused-ring (bicyclic) bond motifs is 2. The highest BCUT2D eigenvalue weighted by Gasteiger charge is 2.58. The molecule has 5 rings (SSSR count). The number of aliphatic hydroxyl groups is 1. The second kappa shape index (κ2) is 9.14. The van der Waals surface area contributed by atoms with Crippen LogP contribution in [0.25, 0.3) is 10.8 Å². The van der Waals surface area contributed by atoms with Crippen LogP contribution >= 0.6 is 0 Å². The highest BCUT2D eigenvalue weighted by atomic mass is 16.3. The van der Waals surface area contributed by atoms with Crippen molar-refractivity contribution in [3.8, 4) is 5.75 Å². The Hall–Kier alpha value is -3.15. The van der Waals surface area contributed by atoms with Crippen LogP contribution in [0.15, 0.2) is 79.4 Å². The van der Waals surface area contributed by atoms with E-state index in [4.69, 9.17) is 0 Å². The summed E-state index contributed by atoms with van der Waals surface area (Å²) in [5.74, 6) is 0.205. The first kappa shape index (κ1) is 23.6. The minimum absolute atomic E-state index is 0.00125. The Labute approximate surface area is 207 Å². The second-order valence-electron chi connectivity index (χ2n) is 10.3. The molecule has 5 nitrogen and oxygen atoms in total. The molecule has 1 saturated carbocycles. The zero-order valence-corrected chi connectivity index (χ0v) is 20.4. The SMILES string of the molecule is C=CCN1CC[C@@]2(c3cccc(O)c3)C[C@H](N(C)C(=O)c3ccc4ccccc4c3)CC[C@]2(O)C1. The van der Waals surface area contributed by atoms with Crippen LogP contribution in [0, 0.1) is 0 Å². The van der Waals surface area contributed by atoms with Crippen LogP contribution in [-0.2, 0) is 5.41 Å². The minimum Gasteiger partial charge on any atom is -0.508 e. The van der Waals surface area contributed by atoms with Crippen molar-refractivity contribution in [3.63, 3.8) is 0 Å². The topological polar surface area (TPSA) is 64.0 Å². The summed E-state index contributed by atoms with van der Waals surface area (Å²) in [6.45, 7) is 6.00. The molecule has 2 aliphatic rings. The van der Waals surface area contributed by atoms with Crippen LogP contribution in [0.3, 0.4) is 0 Å². The van der Waals surface area contributed by atoms with Gasteiger partial charge in [0.25, 0.3) is 5.91 Å². The van der Waals surface area contributed by atoms with Gasteiger partial charge in [0.2, 0.25) is 0 Å². The average Bonchev–Trinajstić information content (AvgIpc) is 2.87. The molecule has 0 unspecified atom stereocenters. The molecule has 35 heavy (non-hydrogen) atoms. The van der Waals surface area contributed by atoms with E-state index in [-0.39, 0.29) is 17.7 Å². The molecule has 0 aromatic heterocycles. The molecule has 0 bridgehead atoms. The van der Waals surface area contributed by atoms with E-state index in [9.17, 15) is 15.0 Å². The molecule has 1 aliphatic heterocycles. The first-order chi connectivity index (χ1) is 16.8. The number of phenolic OH excluding ortho intramolecular Hbond substituents is 1. The number of nitrogens with zero attached hydrogens (tertiary/aromatic N) is 2. The smallest absolute Gasteiger partial charge is 0.253 e. The molecule has 1 heterocycles. The molecule has 1 aliphatic carbocycles. The maximum Gasteiger partial charge on any atom is 0.253 e. The van der Waals surface area contributed by atoms with Crippen molar-refractivity contribution in [3.05, 3.63) is 90.5 Å². The number of β-amino-alcohol motifs (C(OH)–C–C–N with tert-alkyl or cyclic N) is 1. The normalized spacial score (nSPS) is 26.7. The molecule has 1 saturated heterocycles. The van der Waals surface area contributed by atoms with E-state index in [1.165, 1.54) is 0 Å². The van der Waals surface area contributed by atoms with Crippen molar-refractivity contribution in [1.82, 2.24) is 9.80 Å². The fourth-order valence-electron chi connectivity index (χ4n) is 6.40.